The number of nitrogens with zero attached hydrogens (tertiary/aromatic N) is 4. The van der Waals surface area contributed by atoms with Crippen LogP contribution in [0.2, 0.25) is 0 Å². The maximum Gasteiger partial charge on any atom is 0.189 e. The monoisotopic (exact) mass is 446 g/mol. The number of pyridine rings is 1. The highest BCUT2D eigenvalue weighted by atomic mass is 16.5. The molecule has 0 saturated carbocycles. The maximum atomic E-state index is 13.2. The Kier molecular flexibility index (Phi) is 6.14. The van der Waals surface area contributed by atoms with Crippen molar-refractivity contribution >= 4 is 17.3 Å². The van der Waals surface area contributed by atoms with Crippen molar-refractivity contribution in [2.24, 2.45) is 0 Å². The van der Waals surface area contributed by atoms with E-state index < -0.39 is 0 Å². The molecule has 1 aromatic carbocycles. The first-order valence-corrected chi connectivity index (χ1v) is 11.1. The van der Waals surface area contributed by atoms with Crippen LogP contribution in [0.3, 0.4) is 0 Å². The molecule has 3 N–H and O–H groups in total. The maximum absolute atomic E-state index is 13.2. The lowest BCUT2D eigenvalue weighted by Crippen LogP contribution is -2.50. The fourth-order valence-electron chi connectivity index (χ4n) is 3.91. The molecule has 0 atom stereocenters. The number of rotatable bonds is 7. The van der Waals surface area contributed by atoms with E-state index in [0.29, 0.717) is 18.9 Å². The summed E-state index contributed by atoms with van der Waals surface area (Å²) in [6.07, 6.45) is 5.41. The van der Waals surface area contributed by atoms with Crippen LogP contribution in [0.1, 0.15) is 16.1 Å². The number of morpholine rings is 1. The Hall–Kier alpha value is -3.56. The SMILES string of the molecule is Nc1ncc(-c2ccc(OC3CNC3)cc2)nc1C(=O)Cc1cnccc1N1CCOCC1. The molecule has 4 heterocycles. The van der Waals surface area contributed by atoms with Crippen molar-refractivity contribution in [3.8, 4) is 17.0 Å². The van der Waals surface area contributed by atoms with Gasteiger partial charge in [-0.25, -0.2) is 9.97 Å². The van der Waals surface area contributed by atoms with Crippen LogP contribution in [-0.2, 0) is 11.2 Å². The number of nitrogens with one attached hydrogen (secondary N) is 1. The third kappa shape index (κ3) is 4.79. The lowest BCUT2D eigenvalue weighted by atomic mass is 10.1. The van der Waals surface area contributed by atoms with E-state index in [2.05, 4.69) is 25.2 Å². The van der Waals surface area contributed by atoms with Gasteiger partial charge < -0.3 is 25.4 Å². The number of carbonyl (C=O) groups excluding carboxylic acids is 1. The minimum Gasteiger partial charge on any atom is -0.488 e. The van der Waals surface area contributed by atoms with Crippen LogP contribution in [-0.4, -0.2) is 66.2 Å². The minimum atomic E-state index is -0.193. The highest BCUT2D eigenvalue weighted by Gasteiger charge is 2.21. The molecule has 2 fully saturated rings. The average Bonchev–Trinajstić information content (AvgIpc) is 2.83. The average molecular weight is 447 g/mol. The summed E-state index contributed by atoms with van der Waals surface area (Å²) in [7, 11) is 0. The zero-order chi connectivity index (χ0) is 22.6. The second kappa shape index (κ2) is 9.51. The summed E-state index contributed by atoms with van der Waals surface area (Å²) in [6, 6.07) is 9.55. The number of hydrogen-bond acceptors (Lipinski definition) is 9. The van der Waals surface area contributed by atoms with Crippen LogP contribution < -0.4 is 20.7 Å². The molecule has 170 valence electrons. The van der Waals surface area contributed by atoms with Crippen LogP contribution in [0.4, 0.5) is 11.5 Å². The van der Waals surface area contributed by atoms with Crippen LogP contribution >= 0.6 is 0 Å². The van der Waals surface area contributed by atoms with Gasteiger partial charge in [-0.3, -0.25) is 9.78 Å². The third-order valence-electron chi connectivity index (χ3n) is 5.84. The van der Waals surface area contributed by atoms with Crippen molar-refractivity contribution in [3.05, 3.63) is 60.2 Å². The Bertz CT molecular complexity index is 1130. The fraction of sp³-hybridized carbons (Fsp3) is 0.333. The van der Waals surface area contributed by atoms with Gasteiger partial charge in [0.2, 0.25) is 0 Å². The van der Waals surface area contributed by atoms with Gasteiger partial charge in [-0.1, -0.05) is 0 Å². The molecular weight excluding hydrogens is 420 g/mol. The van der Waals surface area contributed by atoms with Gasteiger partial charge in [-0.2, -0.15) is 0 Å². The number of hydrogen-bond donors (Lipinski definition) is 2. The number of ether oxygens (including phenoxy) is 2. The summed E-state index contributed by atoms with van der Waals surface area (Å²) in [5.74, 6) is 0.733. The molecule has 9 nitrogen and oxygen atoms in total. The molecule has 3 aromatic rings. The second-order valence-corrected chi connectivity index (χ2v) is 8.12. The molecule has 2 aliphatic rings. The van der Waals surface area contributed by atoms with Gasteiger partial charge in [-0.05, 0) is 30.3 Å². The lowest BCUT2D eigenvalue weighted by Gasteiger charge is -2.30. The van der Waals surface area contributed by atoms with Crippen molar-refractivity contribution in [1.29, 1.82) is 0 Å². The summed E-state index contributed by atoms with van der Waals surface area (Å²) >= 11 is 0. The summed E-state index contributed by atoms with van der Waals surface area (Å²) in [5, 5.41) is 3.18. The van der Waals surface area contributed by atoms with Crippen molar-refractivity contribution in [1.82, 2.24) is 20.3 Å². The number of carbonyl (C=O) groups is 1. The molecular formula is C24H26N6O3. The molecule has 33 heavy (non-hydrogen) atoms. The number of anilines is 2. The highest BCUT2D eigenvalue weighted by Crippen LogP contribution is 2.25. The summed E-state index contributed by atoms with van der Waals surface area (Å²) in [4.78, 5) is 28.4. The van der Waals surface area contributed by atoms with Gasteiger partial charge in [0.25, 0.3) is 0 Å². The van der Waals surface area contributed by atoms with Crippen LogP contribution in [0, 0.1) is 0 Å². The molecule has 0 radical (unpaired) electrons. The van der Waals surface area contributed by atoms with Gasteiger partial charge in [0.05, 0.1) is 25.1 Å². The zero-order valence-electron chi connectivity index (χ0n) is 18.2. The molecule has 0 aliphatic carbocycles. The second-order valence-electron chi connectivity index (χ2n) is 8.12. The van der Waals surface area contributed by atoms with E-state index in [0.717, 1.165) is 48.7 Å². The largest absolute Gasteiger partial charge is 0.488 e. The zero-order valence-corrected chi connectivity index (χ0v) is 18.2. The lowest BCUT2D eigenvalue weighted by molar-refractivity contribution is 0.0988. The predicted octanol–water partition coefficient (Wildman–Crippen LogP) is 1.73. The standard InChI is InChI=1S/C24H26N6O3/c25-24-23(22(31)11-17-12-26-6-5-21(17)30-7-9-32-10-8-30)29-20(15-28-24)16-1-3-18(4-2-16)33-19-13-27-14-19/h1-6,12,15,19,27H,7-11,13-14H2,(H2,25,28). The number of aromatic nitrogens is 3. The van der Waals surface area contributed by atoms with Gasteiger partial charge in [0.15, 0.2) is 11.6 Å². The molecule has 0 spiro atoms. The first kappa shape index (κ1) is 21.3. The fourth-order valence-corrected chi connectivity index (χ4v) is 3.91. The predicted molar refractivity (Wildman–Crippen MR) is 124 cm³/mol. The van der Waals surface area contributed by atoms with Gasteiger partial charge in [0, 0.05) is 61.8 Å². The molecule has 5 rings (SSSR count). The number of nitrogens with two attached hydrogens (primary N) is 1. The van der Waals surface area contributed by atoms with Crippen molar-refractivity contribution in [3.63, 3.8) is 0 Å². The summed E-state index contributed by atoms with van der Waals surface area (Å²) in [5.41, 5.74) is 9.46. The number of benzene rings is 1. The molecule has 0 amide bonds. The highest BCUT2D eigenvalue weighted by molar-refractivity contribution is 6.00. The van der Waals surface area contributed by atoms with Gasteiger partial charge in [0.1, 0.15) is 17.5 Å². The normalized spacial score (nSPS) is 16.3. The quantitative estimate of drug-likeness (QED) is 0.524. The van der Waals surface area contributed by atoms with Crippen LogP contribution in [0.5, 0.6) is 5.75 Å². The number of nitrogen functional groups attached to an aromatic ring is 1. The van der Waals surface area contributed by atoms with E-state index in [1.807, 2.05) is 30.3 Å². The van der Waals surface area contributed by atoms with Gasteiger partial charge in [-0.15, -0.1) is 0 Å². The van der Waals surface area contributed by atoms with E-state index in [1.54, 1.807) is 18.6 Å². The van der Waals surface area contributed by atoms with E-state index in [9.17, 15) is 4.79 Å². The molecule has 2 aromatic heterocycles. The summed E-state index contributed by atoms with van der Waals surface area (Å²) in [6.45, 7) is 4.61. The molecule has 2 saturated heterocycles. The van der Waals surface area contributed by atoms with E-state index in [1.165, 1.54) is 0 Å². The van der Waals surface area contributed by atoms with E-state index in [4.69, 9.17) is 15.2 Å². The van der Waals surface area contributed by atoms with Gasteiger partial charge >= 0.3 is 0 Å². The van der Waals surface area contributed by atoms with Crippen LogP contribution in [0.25, 0.3) is 11.3 Å². The number of Topliss-reactive ketones (excluding diaryl/α,β-unsaturated/α-hetero) is 1. The Balaban J connectivity index is 1.34. The molecule has 9 heteroatoms. The number of ketones is 1. The molecule has 0 unspecified atom stereocenters. The first-order valence-electron chi connectivity index (χ1n) is 11.1. The summed E-state index contributed by atoms with van der Waals surface area (Å²) < 4.78 is 11.3. The van der Waals surface area contributed by atoms with Crippen molar-refractivity contribution < 1.29 is 14.3 Å². The molecule has 0 bridgehead atoms. The smallest absolute Gasteiger partial charge is 0.189 e. The van der Waals surface area contributed by atoms with E-state index >= 15 is 0 Å². The molecule has 2 aliphatic heterocycles. The van der Waals surface area contributed by atoms with Crippen molar-refractivity contribution in [2.45, 2.75) is 12.5 Å². The minimum absolute atomic E-state index is 0.123. The Morgan fingerprint density at radius 3 is 2.67 bits per heavy atom. The third-order valence-corrected chi connectivity index (χ3v) is 5.84. The Morgan fingerprint density at radius 2 is 1.94 bits per heavy atom. The van der Waals surface area contributed by atoms with E-state index in [-0.39, 0.29) is 29.8 Å². The van der Waals surface area contributed by atoms with Crippen LogP contribution in [0.15, 0.2) is 48.9 Å². The topological polar surface area (TPSA) is 115 Å². The van der Waals surface area contributed by atoms with Crippen molar-refractivity contribution in [2.75, 3.05) is 50.0 Å². The Morgan fingerprint density at radius 1 is 1.15 bits per heavy atom. The first-order chi connectivity index (χ1) is 16.2. The Labute approximate surface area is 192 Å².